The van der Waals surface area contributed by atoms with Crippen molar-refractivity contribution in [3.8, 4) is 16.9 Å². The zero-order chi connectivity index (χ0) is 42.9. The smallest absolute Gasteiger partial charge is 0.410 e. The highest BCUT2D eigenvalue weighted by Gasteiger charge is 2.74. The largest absolute Gasteiger partial charge is 0.415 e. The zero-order valence-corrected chi connectivity index (χ0v) is 37.0. The fourth-order valence-electron chi connectivity index (χ4n) is 15.7. The van der Waals surface area contributed by atoms with Gasteiger partial charge in [0, 0.05) is 33.9 Å². The second-order valence-corrected chi connectivity index (χ2v) is 22.0. The van der Waals surface area contributed by atoms with Crippen LogP contribution in [-0.2, 0) is 0 Å². The molecule has 62 heavy (non-hydrogen) atoms. The van der Waals surface area contributed by atoms with Crippen molar-refractivity contribution in [1.29, 1.82) is 0 Å². The first-order chi connectivity index (χ1) is 29.7. The van der Waals surface area contributed by atoms with Crippen molar-refractivity contribution in [3.63, 3.8) is 0 Å². The van der Waals surface area contributed by atoms with Crippen LogP contribution in [0.25, 0.3) is 21.9 Å². The number of Topliss-reactive ketones (excluding diaryl/α,β-unsaturated/α-hetero) is 1. The van der Waals surface area contributed by atoms with Gasteiger partial charge in [0.2, 0.25) is 0 Å². The Morgan fingerprint density at radius 2 is 1.47 bits per heavy atom. The maximum absolute atomic E-state index is 15.7. The number of benzene rings is 4. The van der Waals surface area contributed by atoms with E-state index in [0.717, 1.165) is 71.9 Å². The lowest BCUT2D eigenvalue weighted by atomic mass is 9.32. The molecule has 4 aromatic rings. The van der Waals surface area contributed by atoms with Gasteiger partial charge in [-0.3, -0.25) is 4.79 Å². The number of rotatable bonds is 8. The van der Waals surface area contributed by atoms with Crippen LogP contribution >= 0.6 is 0 Å². The molecule has 1 amide bonds. The molecule has 9 aliphatic rings. The van der Waals surface area contributed by atoms with Crippen LogP contribution in [0.15, 0.2) is 121 Å². The Bertz CT molecular complexity index is 2520. The highest BCUT2D eigenvalue weighted by Crippen LogP contribution is 2.78. The summed E-state index contributed by atoms with van der Waals surface area (Å²) in [6, 6.07) is 32.2. The van der Waals surface area contributed by atoms with Crippen LogP contribution in [0.3, 0.4) is 0 Å². The minimum absolute atomic E-state index is 0.0320. The van der Waals surface area contributed by atoms with E-state index in [2.05, 4.69) is 70.2 Å². The normalized spacial score (nSPS) is 38.3. The van der Waals surface area contributed by atoms with Gasteiger partial charge in [0.15, 0.2) is 5.78 Å². The number of aliphatic hydroxyl groups is 2. The number of ether oxygens (including phenoxy) is 1. The van der Waals surface area contributed by atoms with E-state index >= 15 is 4.79 Å². The summed E-state index contributed by atoms with van der Waals surface area (Å²) in [5.74, 6) is 2.33. The molecule has 6 heteroatoms. The van der Waals surface area contributed by atoms with Crippen molar-refractivity contribution in [1.82, 2.24) is 4.90 Å². The predicted molar refractivity (Wildman–Crippen MR) is 244 cm³/mol. The summed E-state index contributed by atoms with van der Waals surface area (Å²) in [6.07, 6.45) is 15.0. The second-order valence-electron chi connectivity index (χ2n) is 22.0. The molecule has 2 N–H and O–H groups in total. The number of hydrogen-bond acceptors (Lipinski definition) is 5. The summed E-state index contributed by atoms with van der Waals surface area (Å²) in [4.78, 5) is 32.3. The van der Waals surface area contributed by atoms with Crippen LogP contribution in [0.2, 0.25) is 0 Å². The van der Waals surface area contributed by atoms with E-state index in [1.54, 1.807) is 0 Å². The standard InChI is InChI=1S/C56H63NO5/c1-51(2)40-20-18-39(45(51)31-40)34-57(50(60)62-42-21-19-36-12-8-9-15-38(36)30-42)35-55(61)27-24-48-53(55,4)26-23-47-52(3)25-22-41(58)32-54(52)28-29-56(47,48)46(33-54)49(59)44-17-11-10-16-43(44)37-13-6-5-7-14-37/h5-17,19,21,28-30,33,39-41,45,47-48,58,61H,18,20,22-27,31-32,34-35H2,1-4H3/t39-,40-,41?,45-,47+,48+,52+,53-,54-,55+,56+/m0/s1. The molecule has 322 valence electrons. The summed E-state index contributed by atoms with van der Waals surface area (Å²) >= 11 is 0. The van der Waals surface area contributed by atoms with Gasteiger partial charge in [-0.05, 0) is 139 Å². The molecule has 11 atom stereocenters. The first-order valence-electron chi connectivity index (χ1n) is 23.7. The first kappa shape index (κ1) is 40.3. The van der Waals surface area contributed by atoms with E-state index in [9.17, 15) is 15.0 Å². The van der Waals surface area contributed by atoms with E-state index < -0.39 is 34.0 Å². The van der Waals surface area contributed by atoms with E-state index in [1.165, 1.54) is 12.8 Å². The molecule has 6 saturated carbocycles. The molecule has 4 bridgehead atoms. The Hall–Kier alpha value is -4.52. The Labute approximate surface area is 367 Å². The van der Waals surface area contributed by atoms with E-state index in [0.29, 0.717) is 42.5 Å². The van der Waals surface area contributed by atoms with Gasteiger partial charge in [-0.2, -0.15) is 0 Å². The fraction of sp³-hybridized carbons (Fsp3) is 0.500. The van der Waals surface area contributed by atoms with Gasteiger partial charge in [0.05, 0.1) is 18.2 Å². The quantitative estimate of drug-likeness (QED) is 0.136. The highest BCUT2D eigenvalue weighted by molar-refractivity contribution is 6.14. The van der Waals surface area contributed by atoms with Gasteiger partial charge in [-0.15, -0.1) is 0 Å². The van der Waals surface area contributed by atoms with Crippen LogP contribution in [0.5, 0.6) is 5.75 Å². The molecule has 0 radical (unpaired) electrons. The molecule has 0 heterocycles. The molecule has 0 saturated heterocycles. The molecular formula is C56H63NO5. The summed E-state index contributed by atoms with van der Waals surface area (Å²) < 4.78 is 6.30. The third-order valence-corrected chi connectivity index (χ3v) is 19.3. The van der Waals surface area contributed by atoms with E-state index in [4.69, 9.17) is 4.74 Å². The Morgan fingerprint density at radius 3 is 2.26 bits per heavy atom. The summed E-state index contributed by atoms with van der Waals surface area (Å²) in [5.41, 5.74) is 0.751. The highest BCUT2D eigenvalue weighted by atomic mass is 16.6. The van der Waals surface area contributed by atoms with Crippen LogP contribution in [-0.4, -0.2) is 51.8 Å². The minimum atomic E-state index is -1.20. The molecule has 13 rings (SSSR count). The predicted octanol–water partition coefficient (Wildman–Crippen LogP) is 11.9. The Morgan fingerprint density at radius 1 is 0.758 bits per heavy atom. The van der Waals surface area contributed by atoms with Gasteiger partial charge in [0.25, 0.3) is 0 Å². The lowest BCUT2D eigenvalue weighted by Crippen LogP contribution is -2.67. The molecule has 0 aliphatic heterocycles. The molecule has 1 unspecified atom stereocenters. The van der Waals surface area contributed by atoms with Gasteiger partial charge in [-0.1, -0.05) is 131 Å². The fourth-order valence-corrected chi connectivity index (χ4v) is 15.7. The molecule has 4 aromatic carbocycles. The average molecular weight is 830 g/mol. The van der Waals surface area contributed by atoms with Crippen molar-refractivity contribution in [2.45, 2.75) is 104 Å². The van der Waals surface area contributed by atoms with Crippen molar-refractivity contribution in [2.75, 3.05) is 13.1 Å². The molecular weight excluding hydrogens is 767 g/mol. The zero-order valence-electron chi connectivity index (χ0n) is 37.0. The van der Waals surface area contributed by atoms with Crippen molar-refractivity contribution in [3.05, 3.63) is 126 Å². The SMILES string of the molecule is CC1(C)[C@H]2CC[C@@H](CN(C[C@]3(O)CC[C@H]4[C@]56C=C[C@@]7(C=C5C(=O)c5ccccc5-c5ccccc5)CC(O)CC[C@]7(C)[C@H]6CC[C@@]43C)C(=O)Oc3ccc4ccccc4c3)[C@@H]1C2. The molecule has 9 aliphatic carbocycles. The topological polar surface area (TPSA) is 87.1 Å². The average Bonchev–Trinajstić information content (AvgIpc) is 3.55. The molecule has 0 aromatic heterocycles. The molecule has 6 fully saturated rings. The maximum atomic E-state index is 15.7. The van der Waals surface area contributed by atoms with Gasteiger partial charge < -0.3 is 19.8 Å². The first-order valence-corrected chi connectivity index (χ1v) is 23.7. The van der Waals surface area contributed by atoms with Gasteiger partial charge in [0.1, 0.15) is 5.75 Å². The monoisotopic (exact) mass is 829 g/mol. The number of allylic oxidation sites excluding steroid dienone is 4. The van der Waals surface area contributed by atoms with Crippen LogP contribution in [0.1, 0.15) is 102 Å². The molecule has 6 nitrogen and oxygen atoms in total. The van der Waals surface area contributed by atoms with Crippen LogP contribution < -0.4 is 4.74 Å². The van der Waals surface area contributed by atoms with Gasteiger partial charge in [-0.25, -0.2) is 4.79 Å². The second kappa shape index (κ2) is 14.0. The Balaban J connectivity index is 0.978. The number of carbonyl (C=O) groups is 2. The Kier molecular flexibility index (Phi) is 9.09. The number of hydrogen-bond donors (Lipinski definition) is 2. The third kappa shape index (κ3) is 5.60. The lowest BCUT2D eigenvalue weighted by Gasteiger charge is -2.71. The third-order valence-electron chi connectivity index (χ3n) is 19.3. The number of carbonyl (C=O) groups excluding carboxylic acids is 2. The number of nitrogens with zero attached hydrogens (tertiary/aromatic N) is 1. The van der Waals surface area contributed by atoms with E-state index in [-0.39, 0.29) is 35.0 Å². The van der Waals surface area contributed by atoms with Crippen LogP contribution in [0.4, 0.5) is 4.79 Å². The van der Waals surface area contributed by atoms with Crippen LogP contribution in [0, 0.1) is 56.7 Å². The van der Waals surface area contributed by atoms with Crippen molar-refractivity contribution in [2.24, 2.45) is 56.7 Å². The summed E-state index contributed by atoms with van der Waals surface area (Å²) in [6.45, 7) is 10.3. The summed E-state index contributed by atoms with van der Waals surface area (Å²) in [5, 5.41) is 26.9. The van der Waals surface area contributed by atoms with Crippen molar-refractivity contribution < 1.29 is 24.5 Å². The number of ketones is 1. The summed E-state index contributed by atoms with van der Waals surface area (Å²) in [7, 11) is 0. The van der Waals surface area contributed by atoms with E-state index in [1.807, 2.05) is 77.7 Å². The lowest BCUT2D eigenvalue weighted by molar-refractivity contribution is -0.176. The minimum Gasteiger partial charge on any atom is -0.410 e. The molecule has 2 spiro atoms. The number of amides is 1. The van der Waals surface area contributed by atoms with Gasteiger partial charge >= 0.3 is 6.09 Å². The van der Waals surface area contributed by atoms with Crippen molar-refractivity contribution >= 4 is 22.6 Å². The maximum Gasteiger partial charge on any atom is 0.415 e. The number of fused-ring (bicyclic) bond motifs is 4. The number of aliphatic hydroxyl groups excluding tert-OH is 1.